The molecule has 7 heteroatoms. The Morgan fingerprint density at radius 2 is 1.61 bits per heavy atom. The number of aryl methyl sites for hydroxylation is 1. The van der Waals surface area contributed by atoms with Gasteiger partial charge in [0.1, 0.15) is 0 Å². The van der Waals surface area contributed by atoms with Crippen LogP contribution in [0.4, 0.5) is 0 Å². The zero-order valence-corrected chi connectivity index (χ0v) is 22.2. The number of hydrogen-bond donors (Lipinski definition) is 1. The van der Waals surface area contributed by atoms with E-state index in [-0.39, 0.29) is 17.4 Å². The van der Waals surface area contributed by atoms with E-state index < -0.39 is 14.8 Å². The van der Waals surface area contributed by atoms with Crippen molar-refractivity contribution in [1.29, 1.82) is 0 Å². The van der Waals surface area contributed by atoms with Crippen LogP contribution in [0.1, 0.15) is 41.6 Å². The van der Waals surface area contributed by atoms with Gasteiger partial charge in [-0.05, 0) is 69.0 Å². The van der Waals surface area contributed by atoms with Crippen LogP contribution in [-0.4, -0.2) is 32.3 Å². The first-order valence-electron chi connectivity index (χ1n) is 12.0. The summed E-state index contributed by atoms with van der Waals surface area (Å²) in [5, 5.41) is 0. The number of esters is 1. The Labute approximate surface area is 219 Å². The fourth-order valence-corrected chi connectivity index (χ4v) is 6.40. The standard InChI is InChI=1S/C29H33NO4S2/c1-3-20-29(35-26-14-8-5-9-15-26,23-30-36(32,33)27-18-16-24(2)17-19-27)21-10-11-22-34-28(31)25-12-6-4-7-13-25/h3-9,12-19,30H,1,10-11,20-23H2,2H3. The Hall–Kier alpha value is -2.87. The summed E-state index contributed by atoms with van der Waals surface area (Å²) in [5.74, 6) is -0.336. The highest BCUT2D eigenvalue weighted by atomic mass is 32.2. The highest BCUT2D eigenvalue weighted by Crippen LogP contribution is 2.40. The number of nitrogens with one attached hydrogen (secondary N) is 1. The number of unbranched alkanes of at least 4 members (excludes halogenated alkanes) is 1. The average molecular weight is 524 g/mol. The average Bonchev–Trinajstić information content (AvgIpc) is 2.89. The van der Waals surface area contributed by atoms with Crippen LogP contribution < -0.4 is 4.72 Å². The first-order chi connectivity index (χ1) is 17.3. The van der Waals surface area contributed by atoms with Crippen LogP contribution in [0.15, 0.2) is 107 Å². The van der Waals surface area contributed by atoms with Gasteiger partial charge in [0.15, 0.2) is 0 Å². The molecule has 0 saturated heterocycles. The van der Waals surface area contributed by atoms with Gasteiger partial charge in [-0.2, -0.15) is 0 Å². The van der Waals surface area contributed by atoms with Crippen LogP contribution in [0.25, 0.3) is 0 Å². The third kappa shape index (κ3) is 8.36. The van der Waals surface area contributed by atoms with Gasteiger partial charge < -0.3 is 4.74 Å². The number of sulfonamides is 1. The molecule has 3 aromatic carbocycles. The summed E-state index contributed by atoms with van der Waals surface area (Å²) >= 11 is 1.65. The molecule has 0 aliphatic rings. The summed E-state index contributed by atoms with van der Waals surface area (Å²) in [6.07, 6.45) is 4.62. The molecular weight excluding hydrogens is 490 g/mol. The normalized spacial score (nSPS) is 13.0. The molecule has 1 atom stereocenters. The van der Waals surface area contributed by atoms with Crippen LogP contribution >= 0.6 is 11.8 Å². The van der Waals surface area contributed by atoms with Gasteiger partial charge in [0.05, 0.1) is 17.1 Å². The van der Waals surface area contributed by atoms with E-state index in [2.05, 4.69) is 11.3 Å². The molecule has 0 aliphatic heterocycles. The second kappa shape index (κ2) is 13.4. The van der Waals surface area contributed by atoms with Gasteiger partial charge in [-0.25, -0.2) is 17.9 Å². The van der Waals surface area contributed by atoms with E-state index in [1.54, 1.807) is 60.3 Å². The lowest BCUT2D eigenvalue weighted by Crippen LogP contribution is -2.40. The van der Waals surface area contributed by atoms with Crippen LogP contribution in [0.3, 0.4) is 0 Å². The second-order valence-electron chi connectivity index (χ2n) is 8.69. The zero-order valence-electron chi connectivity index (χ0n) is 20.6. The maximum Gasteiger partial charge on any atom is 0.338 e. The van der Waals surface area contributed by atoms with Crippen LogP contribution in [0, 0.1) is 6.92 Å². The van der Waals surface area contributed by atoms with E-state index in [1.807, 2.05) is 49.4 Å². The summed E-state index contributed by atoms with van der Waals surface area (Å²) < 4.78 is 33.9. The van der Waals surface area contributed by atoms with Crippen molar-refractivity contribution in [3.05, 3.63) is 109 Å². The fourth-order valence-electron chi connectivity index (χ4n) is 3.79. The smallest absolute Gasteiger partial charge is 0.338 e. The van der Waals surface area contributed by atoms with E-state index in [0.717, 1.165) is 23.3 Å². The minimum atomic E-state index is -3.66. The molecule has 190 valence electrons. The third-order valence-corrected chi connectivity index (χ3v) is 8.65. The quantitative estimate of drug-likeness (QED) is 0.114. The van der Waals surface area contributed by atoms with E-state index >= 15 is 0 Å². The van der Waals surface area contributed by atoms with E-state index in [9.17, 15) is 13.2 Å². The van der Waals surface area contributed by atoms with Crippen LogP contribution in [0.2, 0.25) is 0 Å². The molecule has 3 aromatic rings. The molecular formula is C29H33NO4S2. The minimum absolute atomic E-state index is 0.248. The first-order valence-corrected chi connectivity index (χ1v) is 14.3. The number of hydrogen-bond acceptors (Lipinski definition) is 5. The Kier molecular flexibility index (Phi) is 10.3. The molecule has 0 spiro atoms. The summed E-state index contributed by atoms with van der Waals surface area (Å²) in [6.45, 7) is 6.42. The van der Waals surface area contributed by atoms with Crippen molar-refractivity contribution < 1.29 is 17.9 Å². The molecule has 1 unspecified atom stereocenters. The lowest BCUT2D eigenvalue weighted by Gasteiger charge is -2.33. The molecule has 0 saturated carbocycles. The molecule has 0 aromatic heterocycles. The number of thioether (sulfide) groups is 1. The second-order valence-corrected chi connectivity index (χ2v) is 12.0. The Morgan fingerprint density at radius 3 is 2.25 bits per heavy atom. The molecule has 0 radical (unpaired) electrons. The predicted molar refractivity (Wildman–Crippen MR) is 147 cm³/mol. The predicted octanol–water partition coefficient (Wildman–Crippen LogP) is 6.41. The molecule has 0 bridgehead atoms. The van der Waals surface area contributed by atoms with Gasteiger partial charge in [-0.1, -0.05) is 60.2 Å². The Bertz CT molecular complexity index is 1210. The largest absolute Gasteiger partial charge is 0.462 e. The van der Waals surface area contributed by atoms with Gasteiger partial charge in [0.2, 0.25) is 10.0 Å². The summed E-state index contributed by atoms with van der Waals surface area (Å²) in [4.78, 5) is 13.5. The molecule has 0 heterocycles. The molecule has 0 fully saturated rings. The third-order valence-electron chi connectivity index (χ3n) is 5.78. The van der Waals surface area contributed by atoms with Crippen molar-refractivity contribution in [1.82, 2.24) is 4.72 Å². The minimum Gasteiger partial charge on any atom is -0.462 e. The number of carbonyl (C=O) groups is 1. The van der Waals surface area contributed by atoms with Crippen LogP contribution in [-0.2, 0) is 14.8 Å². The van der Waals surface area contributed by atoms with Crippen LogP contribution in [0.5, 0.6) is 0 Å². The highest BCUT2D eigenvalue weighted by Gasteiger charge is 2.32. The first kappa shape index (κ1) is 27.7. The van der Waals surface area contributed by atoms with Gasteiger partial charge in [0, 0.05) is 16.2 Å². The van der Waals surface area contributed by atoms with Gasteiger partial charge in [-0.3, -0.25) is 0 Å². The summed E-state index contributed by atoms with van der Waals surface area (Å²) in [7, 11) is -3.66. The van der Waals surface area contributed by atoms with Gasteiger partial charge >= 0.3 is 5.97 Å². The monoisotopic (exact) mass is 523 g/mol. The maximum absolute atomic E-state index is 13.0. The van der Waals surface area contributed by atoms with Crippen molar-refractivity contribution in [2.24, 2.45) is 0 Å². The lowest BCUT2D eigenvalue weighted by atomic mass is 9.97. The highest BCUT2D eigenvalue weighted by molar-refractivity contribution is 8.00. The topological polar surface area (TPSA) is 72.5 Å². The van der Waals surface area contributed by atoms with E-state index in [1.165, 1.54) is 0 Å². The number of allylic oxidation sites excluding steroid dienone is 1. The van der Waals surface area contributed by atoms with Crippen molar-refractivity contribution in [3.8, 4) is 0 Å². The van der Waals surface area contributed by atoms with E-state index in [4.69, 9.17) is 4.74 Å². The fraction of sp³-hybridized carbons (Fsp3) is 0.276. The van der Waals surface area contributed by atoms with Crippen molar-refractivity contribution in [2.45, 2.75) is 47.1 Å². The summed E-state index contributed by atoms with van der Waals surface area (Å²) in [6, 6.07) is 25.7. The molecule has 0 aliphatic carbocycles. The SMILES string of the molecule is C=CCC(CCCCOC(=O)c1ccccc1)(CNS(=O)(=O)c1ccc(C)cc1)Sc1ccccc1. The number of carbonyl (C=O) groups excluding carboxylic acids is 1. The van der Waals surface area contributed by atoms with Gasteiger partial charge in [-0.15, -0.1) is 18.3 Å². The van der Waals surface area contributed by atoms with Crippen molar-refractivity contribution in [3.63, 3.8) is 0 Å². The Balaban J connectivity index is 1.67. The lowest BCUT2D eigenvalue weighted by molar-refractivity contribution is 0.0497. The number of rotatable bonds is 14. The number of ether oxygens (including phenoxy) is 1. The summed E-state index contributed by atoms with van der Waals surface area (Å²) in [5.41, 5.74) is 1.53. The maximum atomic E-state index is 13.0. The van der Waals surface area contributed by atoms with E-state index in [0.29, 0.717) is 25.0 Å². The molecule has 36 heavy (non-hydrogen) atoms. The molecule has 3 rings (SSSR count). The van der Waals surface area contributed by atoms with Gasteiger partial charge in [0.25, 0.3) is 0 Å². The molecule has 5 nitrogen and oxygen atoms in total. The zero-order chi connectivity index (χ0) is 25.9. The van der Waals surface area contributed by atoms with Crippen molar-refractivity contribution in [2.75, 3.05) is 13.2 Å². The number of benzene rings is 3. The van der Waals surface area contributed by atoms with Crippen molar-refractivity contribution >= 4 is 27.8 Å². The molecule has 0 amide bonds. The molecule has 1 N–H and O–H groups in total. The Morgan fingerprint density at radius 1 is 0.972 bits per heavy atom.